The molecule has 6 nitrogen and oxygen atoms in total. The van der Waals surface area contributed by atoms with Gasteiger partial charge in [-0.2, -0.15) is 11.8 Å². The van der Waals surface area contributed by atoms with Gasteiger partial charge in [-0.25, -0.2) is 4.79 Å². The van der Waals surface area contributed by atoms with Crippen LogP contribution in [0, 0.1) is 0 Å². The number of hydrogen-bond acceptors (Lipinski definition) is 4. The molecule has 0 aromatic rings. The quantitative estimate of drug-likeness (QED) is 0.755. The molecule has 0 aromatic heterocycles. The number of unbranched alkanes of at least 4 members (excludes halogenated alkanes) is 1. The predicted molar refractivity (Wildman–Crippen MR) is 77.7 cm³/mol. The third-order valence-corrected chi connectivity index (χ3v) is 4.77. The van der Waals surface area contributed by atoms with Gasteiger partial charge in [0.1, 0.15) is 0 Å². The highest BCUT2D eigenvalue weighted by atomic mass is 32.2. The fourth-order valence-electron chi connectivity index (χ4n) is 2.04. The minimum absolute atomic E-state index is 0.0547. The first kappa shape index (κ1) is 16.8. The Hall–Kier alpha value is -1.24. The molecule has 0 spiro atoms. The van der Waals surface area contributed by atoms with Crippen molar-refractivity contribution in [2.75, 3.05) is 12.3 Å². The van der Waals surface area contributed by atoms with Gasteiger partial charge in [0, 0.05) is 36.4 Å². The van der Waals surface area contributed by atoms with Gasteiger partial charge in [-0.05, 0) is 19.8 Å². The number of rotatable bonds is 5. The largest absolute Gasteiger partial charge is 0.481 e. The normalized spacial score (nSPS) is 22.4. The molecule has 2 unspecified atom stereocenters. The van der Waals surface area contributed by atoms with E-state index in [4.69, 9.17) is 5.11 Å². The third kappa shape index (κ3) is 5.40. The van der Waals surface area contributed by atoms with Gasteiger partial charge in [0.25, 0.3) is 0 Å². The molecule has 2 N–H and O–H groups in total. The van der Waals surface area contributed by atoms with Gasteiger partial charge >= 0.3 is 12.0 Å². The third-order valence-electron chi connectivity index (χ3n) is 3.44. The van der Waals surface area contributed by atoms with Crippen LogP contribution < -0.4 is 5.32 Å². The van der Waals surface area contributed by atoms with Crippen LogP contribution in [0.3, 0.4) is 0 Å². The van der Waals surface area contributed by atoms with E-state index >= 15 is 0 Å². The lowest BCUT2D eigenvalue weighted by Crippen LogP contribution is -2.53. The summed E-state index contributed by atoms with van der Waals surface area (Å²) >= 11 is 1.82. The molecule has 1 aliphatic rings. The fraction of sp³-hybridized carbons (Fsp3) is 0.769. The van der Waals surface area contributed by atoms with Crippen LogP contribution >= 0.6 is 11.8 Å². The second kappa shape index (κ2) is 8.14. The number of carboxylic acid groups (broad SMARTS) is 1. The molecule has 0 bridgehead atoms. The van der Waals surface area contributed by atoms with Gasteiger partial charge in [0.15, 0.2) is 0 Å². The van der Waals surface area contributed by atoms with E-state index in [1.807, 2.05) is 18.7 Å². The van der Waals surface area contributed by atoms with Gasteiger partial charge in [-0.15, -0.1) is 0 Å². The Labute approximate surface area is 123 Å². The minimum atomic E-state index is -0.866. The minimum Gasteiger partial charge on any atom is -0.481 e. The van der Waals surface area contributed by atoms with E-state index in [1.54, 1.807) is 4.90 Å². The van der Waals surface area contributed by atoms with Crippen molar-refractivity contribution in [3.63, 3.8) is 0 Å². The molecule has 7 heteroatoms. The van der Waals surface area contributed by atoms with Crippen LogP contribution in [-0.2, 0) is 9.59 Å². The van der Waals surface area contributed by atoms with Gasteiger partial charge in [0.05, 0.1) is 0 Å². The first-order valence-electron chi connectivity index (χ1n) is 6.85. The smallest absolute Gasteiger partial charge is 0.324 e. The summed E-state index contributed by atoms with van der Waals surface area (Å²) < 4.78 is 0. The number of nitrogens with zero attached hydrogens (tertiary/aromatic N) is 1. The molecule has 1 saturated heterocycles. The molecule has 1 heterocycles. The highest BCUT2D eigenvalue weighted by molar-refractivity contribution is 8.00. The molecule has 1 aliphatic heterocycles. The molecular weight excluding hydrogens is 280 g/mol. The van der Waals surface area contributed by atoms with Crippen molar-refractivity contribution < 1.29 is 19.5 Å². The molecule has 0 radical (unpaired) electrons. The standard InChI is InChI=1S/C13H22N2O4S/c1-9-10(2)20-8-7-15(9)13(19)14-11(16)5-3-4-6-12(17)18/h9-10H,3-8H2,1-2H3,(H,17,18)(H,14,16,19). The monoisotopic (exact) mass is 302 g/mol. The first-order valence-corrected chi connectivity index (χ1v) is 7.90. The number of imide groups is 1. The zero-order valence-electron chi connectivity index (χ0n) is 11.9. The van der Waals surface area contributed by atoms with Crippen LogP contribution in [0.15, 0.2) is 0 Å². The SMILES string of the molecule is CC1SCCN(C(=O)NC(=O)CCCCC(=O)O)C1C. The molecule has 1 fully saturated rings. The molecule has 1 rings (SSSR count). The molecule has 0 aliphatic carbocycles. The summed E-state index contributed by atoms with van der Waals surface area (Å²) in [6.07, 6.45) is 1.17. The number of amides is 3. The first-order chi connectivity index (χ1) is 9.41. The lowest BCUT2D eigenvalue weighted by Gasteiger charge is -2.37. The molecule has 0 aromatic carbocycles. The lowest BCUT2D eigenvalue weighted by molar-refractivity contribution is -0.137. The Morgan fingerprint density at radius 3 is 2.55 bits per heavy atom. The number of carbonyl (C=O) groups is 3. The van der Waals surface area contributed by atoms with Crippen molar-refractivity contribution in [2.24, 2.45) is 0 Å². The number of hydrogen-bond donors (Lipinski definition) is 2. The van der Waals surface area contributed by atoms with Crippen LogP contribution in [0.1, 0.15) is 39.5 Å². The molecular formula is C13H22N2O4S. The van der Waals surface area contributed by atoms with E-state index in [-0.39, 0.29) is 30.8 Å². The maximum absolute atomic E-state index is 12.0. The number of thioether (sulfide) groups is 1. The Bertz CT molecular complexity index is 375. The van der Waals surface area contributed by atoms with Crippen LogP contribution in [-0.4, -0.2) is 51.5 Å². The second-order valence-electron chi connectivity index (χ2n) is 4.96. The Morgan fingerprint density at radius 1 is 1.25 bits per heavy atom. The summed E-state index contributed by atoms with van der Waals surface area (Å²) in [4.78, 5) is 35.6. The van der Waals surface area contributed by atoms with E-state index in [2.05, 4.69) is 12.2 Å². The van der Waals surface area contributed by atoms with Crippen molar-refractivity contribution >= 4 is 29.7 Å². The lowest BCUT2D eigenvalue weighted by atomic mass is 10.2. The van der Waals surface area contributed by atoms with E-state index in [9.17, 15) is 14.4 Å². The maximum atomic E-state index is 12.0. The Kier molecular flexibility index (Phi) is 6.84. The van der Waals surface area contributed by atoms with Crippen LogP contribution in [0.5, 0.6) is 0 Å². The maximum Gasteiger partial charge on any atom is 0.324 e. The molecule has 2 atom stereocenters. The molecule has 114 valence electrons. The Morgan fingerprint density at radius 2 is 1.90 bits per heavy atom. The molecule has 0 saturated carbocycles. The summed E-state index contributed by atoms with van der Waals surface area (Å²) in [7, 11) is 0. The highest BCUT2D eigenvalue weighted by Crippen LogP contribution is 2.24. The summed E-state index contributed by atoms with van der Waals surface area (Å²) in [6.45, 7) is 4.70. The van der Waals surface area contributed by atoms with Gasteiger partial charge in [-0.1, -0.05) is 6.92 Å². The van der Waals surface area contributed by atoms with E-state index in [1.165, 1.54) is 0 Å². The summed E-state index contributed by atoms with van der Waals surface area (Å²) in [6, 6.07) is -0.235. The average Bonchev–Trinajstić information content (AvgIpc) is 2.37. The topological polar surface area (TPSA) is 86.7 Å². The number of urea groups is 1. The summed E-state index contributed by atoms with van der Waals surface area (Å²) in [5, 5.41) is 11.2. The van der Waals surface area contributed by atoms with Crippen LogP contribution in [0.25, 0.3) is 0 Å². The molecule has 20 heavy (non-hydrogen) atoms. The van der Waals surface area contributed by atoms with Crippen molar-refractivity contribution in [3.8, 4) is 0 Å². The number of nitrogens with one attached hydrogen (secondary N) is 1. The fourth-order valence-corrected chi connectivity index (χ4v) is 3.13. The second-order valence-corrected chi connectivity index (χ2v) is 6.45. The summed E-state index contributed by atoms with van der Waals surface area (Å²) in [5.74, 6) is -0.320. The van der Waals surface area contributed by atoms with Gasteiger partial charge in [0.2, 0.25) is 5.91 Å². The van der Waals surface area contributed by atoms with E-state index in [0.717, 1.165) is 5.75 Å². The number of carboxylic acids is 1. The van der Waals surface area contributed by atoms with Crippen molar-refractivity contribution in [2.45, 2.75) is 50.8 Å². The molecule has 3 amide bonds. The predicted octanol–water partition coefficient (Wildman–Crippen LogP) is 1.69. The van der Waals surface area contributed by atoms with E-state index in [0.29, 0.717) is 24.6 Å². The van der Waals surface area contributed by atoms with Gasteiger partial charge < -0.3 is 10.0 Å². The number of aliphatic carboxylic acids is 1. The van der Waals surface area contributed by atoms with Gasteiger partial charge in [-0.3, -0.25) is 14.9 Å². The highest BCUT2D eigenvalue weighted by Gasteiger charge is 2.29. The zero-order chi connectivity index (χ0) is 15.1. The van der Waals surface area contributed by atoms with Crippen molar-refractivity contribution in [1.82, 2.24) is 10.2 Å². The van der Waals surface area contributed by atoms with E-state index < -0.39 is 5.97 Å². The summed E-state index contributed by atoms with van der Waals surface area (Å²) in [5.41, 5.74) is 0. The average molecular weight is 302 g/mol. The van der Waals surface area contributed by atoms with Crippen LogP contribution in [0.4, 0.5) is 4.79 Å². The zero-order valence-corrected chi connectivity index (χ0v) is 12.7. The van der Waals surface area contributed by atoms with Crippen LogP contribution in [0.2, 0.25) is 0 Å². The van der Waals surface area contributed by atoms with Crippen molar-refractivity contribution in [3.05, 3.63) is 0 Å². The Balaban J connectivity index is 2.30. The van der Waals surface area contributed by atoms with Crippen molar-refractivity contribution in [1.29, 1.82) is 0 Å². The number of carbonyl (C=O) groups excluding carboxylic acids is 2.